The molecule has 18 heavy (non-hydrogen) atoms. The molecule has 104 valence electrons. The lowest BCUT2D eigenvalue weighted by atomic mass is 9.88. The molecule has 1 heterocycles. The summed E-state index contributed by atoms with van der Waals surface area (Å²) in [4.78, 5) is 13.9. The number of carbonyl (C=O) groups excluding carboxylic acids is 1. The van der Waals surface area contributed by atoms with Crippen molar-refractivity contribution in [3.63, 3.8) is 0 Å². The van der Waals surface area contributed by atoms with Crippen molar-refractivity contribution in [2.45, 2.75) is 57.5 Å². The maximum atomic E-state index is 11.2. The van der Waals surface area contributed by atoms with Gasteiger partial charge in [0.2, 0.25) is 5.91 Å². The smallest absolute Gasteiger partial charge is 0.235 e. The van der Waals surface area contributed by atoms with E-state index >= 15 is 0 Å². The predicted octanol–water partition coefficient (Wildman–Crippen LogP) is 2.38. The van der Waals surface area contributed by atoms with E-state index in [1.807, 2.05) is 0 Å². The summed E-state index contributed by atoms with van der Waals surface area (Å²) in [6.45, 7) is 4.89. The van der Waals surface area contributed by atoms with Crippen molar-refractivity contribution in [2.24, 2.45) is 5.92 Å². The van der Waals surface area contributed by atoms with Crippen LogP contribution in [0.25, 0.3) is 0 Å². The van der Waals surface area contributed by atoms with Gasteiger partial charge in [-0.05, 0) is 57.5 Å². The molecule has 1 saturated carbocycles. The monoisotopic (exact) mass is 272 g/mol. The standard InChI is InChI=1S/C14H25ClN2O/c1-11-6-8-17(9-7-11)13-4-2-12(3-5-13)16-14(18)10-15/h11-13H,2-10H2,1H3,(H,16,18). The summed E-state index contributed by atoms with van der Waals surface area (Å²) in [5.41, 5.74) is 0. The van der Waals surface area contributed by atoms with E-state index in [-0.39, 0.29) is 11.8 Å². The molecule has 0 bridgehead atoms. The lowest BCUT2D eigenvalue weighted by Crippen LogP contribution is -2.46. The molecule has 0 aromatic carbocycles. The summed E-state index contributed by atoms with van der Waals surface area (Å²) in [5, 5.41) is 3.01. The molecule has 0 unspecified atom stereocenters. The van der Waals surface area contributed by atoms with Crippen LogP contribution in [0.4, 0.5) is 0 Å². The van der Waals surface area contributed by atoms with Crippen LogP contribution in [0.5, 0.6) is 0 Å². The third-order valence-corrected chi connectivity index (χ3v) is 4.76. The first-order chi connectivity index (χ1) is 8.69. The number of alkyl halides is 1. The second-order valence-electron chi connectivity index (χ2n) is 5.93. The fourth-order valence-electron chi connectivity index (χ4n) is 3.25. The number of hydrogen-bond acceptors (Lipinski definition) is 2. The Morgan fingerprint density at radius 2 is 1.78 bits per heavy atom. The highest BCUT2D eigenvalue weighted by molar-refractivity contribution is 6.27. The van der Waals surface area contributed by atoms with Gasteiger partial charge in [0.15, 0.2) is 0 Å². The van der Waals surface area contributed by atoms with Crippen LogP contribution in [-0.4, -0.2) is 41.9 Å². The molecule has 1 amide bonds. The van der Waals surface area contributed by atoms with Crippen molar-refractivity contribution in [2.75, 3.05) is 19.0 Å². The maximum absolute atomic E-state index is 11.2. The van der Waals surface area contributed by atoms with Gasteiger partial charge in [0, 0.05) is 12.1 Å². The zero-order valence-corrected chi connectivity index (χ0v) is 12.1. The van der Waals surface area contributed by atoms with Gasteiger partial charge in [-0.2, -0.15) is 0 Å². The van der Waals surface area contributed by atoms with Gasteiger partial charge in [-0.25, -0.2) is 0 Å². The molecule has 2 rings (SSSR count). The number of piperidine rings is 1. The number of rotatable bonds is 3. The van der Waals surface area contributed by atoms with E-state index in [2.05, 4.69) is 17.1 Å². The zero-order chi connectivity index (χ0) is 13.0. The number of likely N-dealkylation sites (tertiary alicyclic amines) is 1. The molecule has 0 atom stereocenters. The molecule has 1 N–H and O–H groups in total. The largest absolute Gasteiger partial charge is 0.352 e. The van der Waals surface area contributed by atoms with E-state index in [0.29, 0.717) is 6.04 Å². The van der Waals surface area contributed by atoms with Gasteiger partial charge in [-0.15, -0.1) is 11.6 Å². The minimum absolute atomic E-state index is 0.0214. The van der Waals surface area contributed by atoms with Gasteiger partial charge >= 0.3 is 0 Å². The first kappa shape index (κ1) is 14.1. The molecule has 3 nitrogen and oxygen atoms in total. The highest BCUT2D eigenvalue weighted by atomic mass is 35.5. The first-order valence-corrected chi connectivity index (χ1v) is 7.82. The molecule has 0 aromatic rings. The van der Waals surface area contributed by atoms with Gasteiger partial charge in [-0.3, -0.25) is 4.79 Å². The number of nitrogens with one attached hydrogen (secondary N) is 1. The van der Waals surface area contributed by atoms with E-state index in [9.17, 15) is 4.79 Å². The van der Waals surface area contributed by atoms with Gasteiger partial charge in [0.1, 0.15) is 5.88 Å². The topological polar surface area (TPSA) is 32.3 Å². The van der Waals surface area contributed by atoms with Gasteiger partial charge in [-0.1, -0.05) is 6.92 Å². The quantitative estimate of drug-likeness (QED) is 0.800. The Balaban J connectivity index is 1.71. The van der Waals surface area contributed by atoms with Crippen LogP contribution in [0.3, 0.4) is 0 Å². The SMILES string of the molecule is CC1CCN(C2CCC(NC(=O)CCl)CC2)CC1. The average Bonchev–Trinajstić information content (AvgIpc) is 2.40. The van der Waals surface area contributed by atoms with E-state index in [1.165, 1.54) is 38.8 Å². The molecule has 0 spiro atoms. The van der Waals surface area contributed by atoms with Crippen LogP contribution < -0.4 is 5.32 Å². The normalized spacial score (nSPS) is 31.2. The molecule has 1 saturated heterocycles. The summed E-state index contributed by atoms with van der Waals surface area (Å²) < 4.78 is 0. The Labute approximate surface area is 115 Å². The Morgan fingerprint density at radius 3 is 2.33 bits per heavy atom. The van der Waals surface area contributed by atoms with E-state index in [4.69, 9.17) is 11.6 Å². The van der Waals surface area contributed by atoms with Crippen LogP contribution in [0.1, 0.15) is 45.4 Å². The summed E-state index contributed by atoms with van der Waals surface area (Å²) in [6.07, 6.45) is 7.37. The molecule has 4 heteroatoms. The molecular formula is C14H25ClN2O. The first-order valence-electron chi connectivity index (χ1n) is 7.28. The summed E-state index contributed by atoms with van der Waals surface area (Å²) in [5.74, 6) is 0.969. The Hall–Kier alpha value is -0.280. The highest BCUT2D eigenvalue weighted by Crippen LogP contribution is 2.27. The van der Waals surface area contributed by atoms with Gasteiger partial charge in [0.05, 0.1) is 0 Å². The van der Waals surface area contributed by atoms with Crippen molar-refractivity contribution >= 4 is 17.5 Å². The van der Waals surface area contributed by atoms with Gasteiger partial charge in [0.25, 0.3) is 0 Å². The Bertz CT molecular complexity index is 269. The third kappa shape index (κ3) is 3.86. The van der Waals surface area contributed by atoms with E-state index in [0.717, 1.165) is 24.8 Å². The van der Waals surface area contributed by atoms with Crippen molar-refractivity contribution in [1.29, 1.82) is 0 Å². The molecule has 0 radical (unpaired) electrons. The second kappa shape index (κ2) is 6.76. The van der Waals surface area contributed by atoms with E-state index < -0.39 is 0 Å². The number of carbonyl (C=O) groups is 1. The molecule has 0 aromatic heterocycles. The molecule has 1 aliphatic heterocycles. The minimum atomic E-state index is -0.0214. The minimum Gasteiger partial charge on any atom is -0.352 e. The summed E-state index contributed by atoms with van der Waals surface area (Å²) in [6, 6.07) is 1.11. The van der Waals surface area contributed by atoms with Crippen molar-refractivity contribution in [3.8, 4) is 0 Å². The lowest BCUT2D eigenvalue weighted by Gasteiger charge is -2.40. The van der Waals surface area contributed by atoms with Crippen LogP contribution in [0.15, 0.2) is 0 Å². The molecule has 1 aliphatic carbocycles. The number of halogens is 1. The van der Waals surface area contributed by atoms with Crippen LogP contribution in [0, 0.1) is 5.92 Å². The number of nitrogens with zero attached hydrogens (tertiary/aromatic N) is 1. The van der Waals surface area contributed by atoms with Crippen molar-refractivity contribution in [3.05, 3.63) is 0 Å². The fourth-order valence-corrected chi connectivity index (χ4v) is 3.32. The summed E-state index contributed by atoms with van der Waals surface area (Å²) >= 11 is 5.52. The summed E-state index contributed by atoms with van der Waals surface area (Å²) in [7, 11) is 0. The predicted molar refractivity (Wildman–Crippen MR) is 74.9 cm³/mol. The molecular weight excluding hydrogens is 248 g/mol. The number of amides is 1. The van der Waals surface area contributed by atoms with E-state index in [1.54, 1.807) is 0 Å². The molecule has 2 fully saturated rings. The highest BCUT2D eigenvalue weighted by Gasteiger charge is 2.28. The Kier molecular flexibility index (Phi) is 5.31. The average molecular weight is 273 g/mol. The zero-order valence-electron chi connectivity index (χ0n) is 11.3. The Morgan fingerprint density at radius 1 is 1.17 bits per heavy atom. The maximum Gasteiger partial charge on any atom is 0.235 e. The van der Waals surface area contributed by atoms with Crippen molar-refractivity contribution in [1.82, 2.24) is 10.2 Å². The van der Waals surface area contributed by atoms with Gasteiger partial charge < -0.3 is 10.2 Å². The van der Waals surface area contributed by atoms with Crippen molar-refractivity contribution < 1.29 is 4.79 Å². The number of hydrogen-bond donors (Lipinski definition) is 1. The van der Waals surface area contributed by atoms with Crippen LogP contribution in [0.2, 0.25) is 0 Å². The lowest BCUT2D eigenvalue weighted by molar-refractivity contribution is -0.119. The molecule has 2 aliphatic rings. The van der Waals surface area contributed by atoms with Crippen LogP contribution >= 0.6 is 11.6 Å². The second-order valence-corrected chi connectivity index (χ2v) is 6.19. The van der Waals surface area contributed by atoms with Crippen LogP contribution in [-0.2, 0) is 4.79 Å². The fraction of sp³-hybridized carbons (Fsp3) is 0.929. The third-order valence-electron chi connectivity index (χ3n) is 4.52.